The molecule has 1 radical (unpaired) electrons. The van der Waals surface area contributed by atoms with Crippen LogP contribution in [0.3, 0.4) is 0 Å². The molecule has 4 heteroatoms. The van der Waals surface area contributed by atoms with Gasteiger partial charge in [0, 0.05) is 49.8 Å². The first kappa shape index (κ1) is 42.5. The summed E-state index contributed by atoms with van der Waals surface area (Å²) in [6.45, 7) is 13.5. The molecule has 3 aromatic heterocycles. The number of benzene rings is 5. The van der Waals surface area contributed by atoms with Gasteiger partial charge < -0.3 is 4.98 Å². The van der Waals surface area contributed by atoms with E-state index < -0.39 is 5.41 Å². The van der Waals surface area contributed by atoms with Crippen molar-refractivity contribution in [2.45, 2.75) is 58.3 Å². The quantitative estimate of drug-likeness (QED) is 0.161. The van der Waals surface area contributed by atoms with Gasteiger partial charge in [-0.3, -0.25) is 9.97 Å². The molecule has 309 valence electrons. The summed E-state index contributed by atoms with van der Waals surface area (Å²) in [6, 6.07) is 57.7. The zero-order chi connectivity index (χ0) is 42.2. The van der Waals surface area contributed by atoms with Gasteiger partial charge >= 0.3 is 0 Å². The van der Waals surface area contributed by atoms with Crippen molar-refractivity contribution in [3.05, 3.63) is 240 Å². The molecule has 1 unspecified atom stereocenters. The Morgan fingerprint density at radius 2 is 1.27 bits per heavy atom. The van der Waals surface area contributed by atoms with Gasteiger partial charge in [0.1, 0.15) is 0 Å². The van der Waals surface area contributed by atoms with Gasteiger partial charge in [-0.15, -0.1) is 41.0 Å². The second-order valence-corrected chi connectivity index (χ2v) is 18.2. The largest absolute Gasteiger partial charge is 0.305 e. The zero-order valence-electron chi connectivity index (χ0n) is 36.2. The number of fused-ring (bicyclic) bond motifs is 5. The van der Waals surface area contributed by atoms with Crippen LogP contribution in [-0.4, -0.2) is 15.0 Å². The first-order valence-corrected chi connectivity index (χ1v) is 21.3. The number of allylic oxidation sites excluding steroid dienone is 4. The Bertz CT molecular complexity index is 2860. The molecule has 3 nitrogen and oxygen atoms in total. The predicted molar refractivity (Wildman–Crippen MR) is 253 cm³/mol. The topological polar surface area (TPSA) is 38.7 Å². The molecule has 0 fully saturated rings. The number of nitrogens with zero attached hydrogens (tertiary/aromatic N) is 3. The van der Waals surface area contributed by atoms with Gasteiger partial charge in [-0.1, -0.05) is 156 Å². The fourth-order valence-electron chi connectivity index (χ4n) is 8.98. The molecular weight excluding hydrogens is 931 g/mol. The Morgan fingerprint density at radius 1 is 0.597 bits per heavy atom. The van der Waals surface area contributed by atoms with Gasteiger partial charge in [0.15, 0.2) is 0 Å². The van der Waals surface area contributed by atoms with Crippen LogP contribution in [-0.2, 0) is 30.9 Å². The standard InChI is InChI=1S/C39H25N2.C19H26N.Ir/c1-3-12-30(13-4-1)39(31-14-5-2-6-15-31)35-21-19-28(37-26-29(22-24-41-37)36-17-9-10-23-40-36)25-34(35)33-20-18-27-11-7-8-16-32(27)38(33)39;1-18(2,3)15-9-7-8-14(12-15)17-13-16(10-11-20-17)19(4,5)6;/h1-18,20-26H;7-14H,1-6H3;/q2*-1;. The SMILES string of the molecule is CC(C)(C)C1=CC(c2cc(C(C)(C)C)ccn2)[CH-]C=C1.[Ir].[c-]1cc2c(cc1-c1cc(-c3ccccn3)ccn1)-c1ccc3ccccc3c1C2(c1ccccc1)c1ccccc1. The van der Waals surface area contributed by atoms with Gasteiger partial charge in [0.05, 0.1) is 5.69 Å². The van der Waals surface area contributed by atoms with E-state index in [0.717, 1.165) is 28.2 Å². The van der Waals surface area contributed by atoms with Crippen LogP contribution < -0.4 is 0 Å². The zero-order valence-corrected chi connectivity index (χ0v) is 38.6. The minimum absolute atomic E-state index is 0. The minimum atomic E-state index is -0.480. The second kappa shape index (κ2) is 17.3. The molecule has 2 aliphatic carbocycles. The van der Waals surface area contributed by atoms with Crippen molar-refractivity contribution in [1.29, 1.82) is 0 Å². The molecule has 0 aliphatic heterocycles. The van der Waals surface area contributed by atoms with Gasteiger partial charge in [-0.25, -0.2) is 18.6 Å². The van der Waals surface area contributed by atoms with E-state index in [1.807, 2.05) is 42.9 Å². The molecule has 10 rings (SSSR count). The van der Waals surface area contributed by atoms with E-state index in [2.05, 4.69) is 210 Å². The van der Waals surface area contributed by atoms with Gasteiger partial charge in [-0.05, 0) is 96.9 Å². The molecule has 0 saturated carbocycles. The van der Waals surface area contributed by atoms with Gasteiger partial charge in [-0.2, -0.15) is 0 Å². The van der Waals surface area contributed by atoms with Crippen LogP contribution in [0, 0.1) is 17.9 Å². The van der Waals surface area contributed by atoms with E-state index in [1.54, 1.807) is 0 Å². The molecule has 0 saturated heterocycles. The summed E-state index contributed by atoms with van der Waals surface area (Å²) in [5, 5.41) is 2.51. The number of aromatic nitrogens is 3. The minimum Gasteiger partial charge on any atom is -0.305 e. The smallest absolute Gasteiger partial charge is 0.0695 e. The molecule has 62 heavy (non-hydrogen) atoms. The Hall–Kier alpha value is -6.19. The predicted octanol–water partition coefficient (Wildman–Crippen LogP) is 14.3. The van der Waals surface area contributed by atoms with E-state index >= 15 is 0 Å². The molecule has 2 aliphatic rings. The normalized spacial score (nSPS) is 14.9. The maximum absolute atomic E-state index is 4.76. The van der Waals surface area contributed by atoms with E-state index in [0.29, 0.717) is 0 Å². The summed E-state index contributed by atoms with van der Waals surface area (Å²) in [4.78, 5) is 13.9. The first-order chi connectivity index (χ1) is 29.5. The summed E-state index contributed by atoms with van der Waals surface area (Å²) in [6.07, 6.45) is 14.6. The molecule has 1 atom stereocenters. The van der Waals surface area contributed by atoms with Crippen molar-refractivity contribution in [3.63, 3.8) is 0 Å². The number of hydrogen-bond donors (Lipinski definition) is 0. The number of rotatable bonds is 5. The van der Waals surface area contributed by atoms with E-state index in [9.17, 15) is 0 Å². The summed E-state index contributed by atoms with van der Waals surface area (Å²) < 4.78 is 0. The summed E-state index contributed by atoms with van der Waals surface area (Å²) in [5.74, 6) is 0.288. The van der Waals surface area contributed by atoms with Crippen molar-refractivity contribution >= 4 is 10.8 Å². The molecule has 0 spiro atoms. The van der Waals surface area contributed by atoms with Crippen molar-refractivity contribution in [2.75, 3.05) is 0 Å². The second-order valence-electron chi connectivity index (χ2n) is 18.2. The fraction of sp³-hybridized carbons (Fsp3) is 0.172. The van der Waals surface area contributed by atoms with Crippen LogP contribution >= 0.6 is 0 Å². The van der Waals surface area contributed by atoms with Crippen molar-refractivity contribution in [1.82, 2.24) is 15.0 Å². The van der Waals surface area contributed by atoms with Crippen LogP contribution in [0.25, 0.3) is 44.4 Å². The summed E-state index contributed by atoms with van der Waals surface area (Å²) in [7, 11) is 0. The Morgan fingerprint density at radius 3 is 1.97 bits per heavy atom. The Kier molecular flexibility index (Phi) is 11.9. The van der Waals surface area contributed by atoms with Crippen molar-refractivity contribution in [3.8, 4) is 33.6 Å². The monoisotopic (exact) mass is 982 g/mol. The molecule has 3 heterocycles. The maximum atomic E-state index is 4.76. The van der Waals surface area contributed by atoms with Crippen LogP contribution in [0.15, 0.2) is 194 Å². The number of hydrogen-bond acceptors (Lipinski definition) is 3. The Labute approximate surface area is 381 Å². The van der Waals surface area contributed by atoms with Crippen LogP contribution in [0.1, 0.15) is 81.0 Å². The first-order valence-electron chi connectivity index (χ1n) is 21.3. The third kappa shape index (κ3) is 8.02. The molecular formula is C58H51IrN3-2. The van der Waals surface area contributed by atoms with Crippen LogP contribution in [0.2, 0.25) is 0 Å². The van der Waals surface area contributed by atoms with Crippen LogP contribution in [0.4, 0.5) is 0 Å². The van der Waals surface area contributed by atoms with E-state index in [1.165, 1.54) is 55.3 Å². The third-order valence-electron chi connectivity index (χ3n) is 12.2. The molecule has 0 amide bonds. The molecule has 0 N–H and O–H groups in total. The van der Waals surface area contributed by atoms with Gasteiger partial charge in [0.2, 0.25) is 0 Å². The fourth-order valence-corrected chi connectivity index (χ4v) is 8.98. The Balaban J connectivity index is 0.000000214. The molecule has 0 bridgehead atoms. The van der Waals surface area contributed by atoms with E-state index in [4.69, 9.17) is 4.98 Å². The van der Waals surface area contributed by atoms with Crippen molar-refractivity contribution in [2.24, 2.45) is 5.41 Å². The average Bonchev–Trinajstić information content (AvgIpc) is 3.61. The molecule has 8 aromatic rings. The van der Waals surface area contributed by atoms with Gasteiger partial charge in [0.25, 0.3) is 0 Å². The van der Waals surface area contributed by atoms with E-state index in [-0.39, 0.29) is 36.9 Å². The average molecular weight is 982 g/mol. The molecule has 5 aromatic carbocycles. The number of pyridine rings is 3. The van der Waals surface area contributed by atoms with Crippen LogP contribution in [0.5, 0.6) is 0 Å². The van der Waals surface area contributed by atoms with Crippen molar-refractivity contribution < 1.29 is 20.1 Å². The third-order valence-corrected chi connectivity index (χ3v) is 12.2. The summed E-state index contributed by atoms with van der Waals surface area (Å²) in [5.41, 5.74) is 15.1. The summed E-state index contributed by atoms with van der Waals surface area (Å²) >= 11 is 0. The maximum Gasteiger partial charge on any atom is 0.0695 e.